The van der Waals surface area contributed by atoms with Gasteiger partial charge in [0, 0.05) is 31.1 Å². The monoisotopic (exact) mass is 311 g/mol. The van der Waals surface area contributed by atoms with Gasteiger partial charge in [0.15, 0.2) is 11.5 Å². The van der Waals surface area contributed by atoms with Crippen molar-refractivity contribution < 1.29 is 14.3 Å². The third kappa shape index (κ3) is 3.42. The number of nitrogens with one attached hydrogen (secondary N) is 1. The number of ether oxygens (including phenoxy) is 2. The van der Waals surface area contributed by atoms with Gasteiger partial charge in [0.25, 0.3) is 0 Å². The molecule has 1 amide bonds. The summed E-state index contributed by atoms with van der Waals surface area (Å²) in [5, 5.41) is 2.72. The van der Waals surface area contributed by atoms with Gasteiger partial charge in [-0.1, -0.05) is 6.07 Å². The number of carbonyl (C=O) groups excluding carboxylic acids is 1. The summed E-state index contributed by atoms with van der Waals surface area (Å²) in [6, 6.07) is 11.1. The summed E-state index contributed by atoms with van der Waals surface area (Å²) in [6.45, 7) is 1.77. The minimum Gasteiger partial charge on any atom is -0.493 e. The molecule has 23 heavy (non-hydrogen) atoms. The molecule has 0 fully saturated rings. The number of nitrogens with zero attached hydrogens (tertiary/aromatic N) is 2. The van der Waals surface area contributed by atoms with E-state index in [1.807, 2.05) is 35.0 Å². The topological polar surface area (TPSA) is 64.9 Å². The first-order valence-electron chi connectivity index (χ1n) is 7.17. The molecule has 2 heterocycles. The molecule has 118 valence electrons. The molecule has 0 aliphatic rings. The van der Waals surface area contributed by atoms with Gasteiger partial charge in [-0.2, -0.15) is 0 Å². The lowest BCUT2D eigenvalue weighted by atomic mass is 10.2. The number of methoxy groups -OCH3 is 1. The number of aromatic nitrogens is 2. The Labute approximate surface area is 133 Å². The Morgan fingerprint density at radius 1 is 1.26 bits per heavy atom. The molecule has 1 aromatic carbocycles. The van der Waals surface area contributed by atoms with Crippen LogP contribution in [0.5, 0.6) is 11.5 Å². The minimum absolute atomic E-state index is 0.138. The molecule has 0 saturated carbocycles. The molecule has 0 aliphatic heterocycles. The quantitative estimate of drug-likeness (QED) is 0.787. The van der Waals surface area contributed by atoms with Crippen LogP contribution >= 0.6 is 0 Å². The van der Waals surface area contributed by atoms with Crippen molar-refractivity contribution in [2.75, 3.05) is 12.4 Å². The summed E-state index contributed by atoms with van der Waals surface area (Å²) in [6.07, 6.45) is 3.85. The maximum Gasteiger partial charge on any atom is 0.221 e. The standard InChI is InChI=1S/C17H17N3O3/c1-12(21)18-13-6-7-15(22-2)16(9-13)23-11-14-10-20-8-4-3-5-17(20)19-14/h3-10H,11H2,1-2H3,(H,18,21). The van der Waals surface area contributed by atoms with Crippen LogP contribution in [-0.2, 0) is 11.4 Å². The number of imidazole rings is 1. The number of fused-ring (bicyclic) bond motifs is 1. The van der Waals surface area contributed by atoms with Gasteiger partial charge in [-0.05, 0) is 24.3 Å². The number of benzene rings is 1. The van der Waals surface area contributed by atoms with Crippen LogP contribution in [0.15, 0.2) is 48.8 Å². The van der Waals surface area contributed by atoms with Gasteiger partial charge in [-0.15, -0.1) is 0 Å². The van der Waals surface area contributed by atoms with E-state index in [4.69, 9.17) is 9.47 Å². The third-order valence-electron chi connectivity index (χ3n) is 3.27. The molecular formula is C17H17N3O3. The van der Waals surface area contributed by atoms with Gasteiger partial charge in [0.2, 0.25) is 5.91 Å². The van der Waals surface area contributed by atoms with Crippen LogP contribution < -0.4 is 14.8 Å². The second kappa shape index (κ2) is 6.39. The molecule has 6 heteroatoms. The summed E-state index contributed by atoms with van der Waals surface area (Å²) in [4.78, 5) is 15.6. The van der Waals surface area contributed by atoms with Crippen LogP contribution in [0.3, 0.4) is 0 Å². The largest absolute Gasteiger partial charge is 0.493 e. The van der Waals surface area contributed by atoms with Gasteiger partial charge in [0.05, 0.1) is 12.8 Å². The molecule has 0 spiro atoms. The van der Waals surface area contributed by atoms with E-state index in [1.165, 1.54) is 6.92 Å². The second-order valence-corrected chi connectivity index (χ2v) is 5.03. The molecule has 0 unspecified atom stereocenters. The van der Waals surface area contributed by atoms with E-state index >= 15 is 0 Å². The van der Waals surface area contributed by atoms with Crippen molar-refractivity contribution in [3.8, 4) is 11.5 Å². The highest BCUT2D eigenvalue weighted by Gasteiger charge is 2.08. The van der Waals surface area contributed by atoms with Gasteiger partial charge in [-0.25, -0.2) is 4.98 Å². The lowest BCUT2D eigenvalue weighted by molar-refractivity contribution is -0.114. The first-order valence-corrected chi connectivity index (χ1v) is 7.17. The number of pyridine rings is 1. The summed E-state index contributed by atoms with van der Waals surface area (Å²) >= 11 is 0. The zero-order valence-corrected chi connectivity index (χ0v) is 12.9. The number of rotatable bonds is 5. The van der Waals surface area contributed by atoms with E-state index in [9.17, 15) is 4.79 Å². The fourth-order valence-corrected chi connectivity index (χ4v) is 2.28. The Hall–Kier alpha value is -3.02. The van der Waals surface area contributed by atoms with Gasteiger partial charge >= 0.3 is 0 Å². The Kier molecular flexibility index (Phi) is 4.14. The second-order valence-electron chi connectivity index (χ2n) is 5.03. The van der Waals surface area contributed by atoms with Crippen LogP contribution in [0.25, 0.3) is 5.65 Å². The van der Waals surface area contributed by atoms with Crippen molar-refractivity contribution in [2.24, 2.45) is 0 Å². The molecular weight excluding hydrogens is 294 g/mol. The summed E-state index contributed by atoms with van der Waals surface area (Å²) in [5.41, 5.74) is 2.33. The number of hydrogen-bond acceptors (Lipinski definition) is 4. The Morgan fingerprint density at radius 2 is 2.13 bits per heavy atom. The summed E-state index contributed by atoms with van der Waals surface area (Å²) in [5.74, 6) is 1.01. The van der Waals surface area contributed by atoms with E-state index in [-0.39, 0.29) is 5.91 Å². The van der Waals surface area contributed by atoms with E-state index in [1.54, 1.807) is 25.3 Å². The van der Waals surface area contributed by atoms with E-state index in [0.717, 1.165) is 11.3 Å². The van der Waals surface area contributed by atoms with E-state index in [2.05, 4.69) is 10.3 Å². The smallest absolute Gasteiger partial charge is 0.221 e. The molecule has 0 saturated heterocycles. The molecule has 2 aromatic heterocycles. The molecule has 0 aliphatic carbocycles. The van der Waals surface area contributed by atoms with Crippen LogP contribution in [0.4, 0.5) is 5.69 Å². The average Bonchev–Trinajstić information content (AvgIpc) is 2.95. The van der Waals surface area contributed by atoms with Crippen molar-refractivity contribution in [1.82, 2.24) is 9.38 Å². The molecule has 6 nitrogen and oxygen atoms in total. The van der Waals surface area contributed by atoms with Crippen LogP contribution in [0.1, 0.15) is 12.6 Å². The summed E-state index contributed by atoms with van der Waals surface area (Å²) < 4.78 is 13.0. The number of amides is 1. The minimum atomic E-state index is -0.138. The third-order valence-corrected chi connectivity index (χ3v) is 3.27. The Morgan fingerprint density at radius 3 is 2.87 bits per heavy atom. The Balaban J connectivity index is 1.79. The lowest BCUT2D eigenvalue weighted by Crippen LogP contribution is -2.06. The van der Waals surface area contributed by atoms with Gasteiger partial charge in [0.1, 0.15) is 12.3 Å². The molecule has 0 radical (unpaired) electrons. The lowest BCUT2D eigenvalue weighted by Gasteiger charge is -2.11. The van der Waals surface area contributed by atoms with E-state index in [0.29, 0.717) is 23.8 Å². The van der Waals surface area contributed by atoms with Crippen molar-refractivity contribution in [3.05, 3.63) is 54.5 Å². The molecule has 3 aromatic rings. The first kappa shape index (κ1) is 14.9. The van der Waals surface area contributed by atoms with Gasteiger partial charge in [-0.3, -0.25) is 4.79 Å². The van der Waals surface area contributed by atoms with Gasteiger partial charge < -0.3 is 19.2 Å². The zero-order valence-electron chi connectivity index (χ0n) is 12.9. The summed E-state index contributed by atoms with van der Waals surface area (Å²) in [7, 11) is 1.57. The normalized spacial score (nSPS) is 10.5. The molecule has 0 atom stereocenters. The van der Waals surface area contributed by atoms with Crippen molar-refractivity contribution in [2.45, 2.75) is 13.5 Å². The van der Waals surface area contributed by atoms with Crippen LogP contribution in [-0.4, -0.2) is 22.4 Å². The predicted octanol–water partition coefficient (Wildman–Crippen LogP) is 2.88. The number of carbonyl (C=O) groups is 1. The van der Waals surface area contributed by atoms with Crippen molar-refractivity contribution >= 4 is 17.2 Å². The highest BCUT2D eigenvalue weighted by atomic mass is 16.5. The maximum absolute atomic E-state index is 11.2. The fourth-order valence-electron chi connectivity index (χ4n) is 2.28. The first-order chi connectivity index (χ1) is 11.2. The number of anilines is 1. The molecule has 3 rings (SSSR count). The average molecular weight is 311 g/mol. The van der Waals surface area contributed by atoms with Crippen molar-refractivity contribution in [1.29, 1.82) is 0 Å². The fraction of sp³-hybridized carbons (Fsp3) is 0.176. The number of hydrogen-bond donors (Lipinski definition) is 1. The SMILES string of the molecule is COc1ccc(NC(C)=O)cc1OCc1cn2ccccc2n1. The molecule has 0 bridgehead atoms. The predicted molar refractivity (Wildman–Crippen MR) is 86.8 cm³/mol. The van der Waals surface area contributed by atoms with Crippen LogP contribution in [0, 0.1) is 0 Å². The maximum atomic E-state index is 11.2. The van der Waals surface area contributed by atoms with E-state index < -0.39 is 0 Å². The van der Waals surface area contributed by atoms with Crippen LogP contribution in [0.2, 0.25) is 0 Å². The van der Waals surface area contributed by atoms with Crippen molar-refractivity contribution in [3.63, 3.8) is 0 Å². The Bertz CT molecular complexity index is 809. The molecule has 1 N–H and O–H groups in total. The zero-order chi connectivity index (χ0) is 16.2. The highest BCUT2D eigenvalue weighted by Crippen LogP contribution is 2.30. The highest BCUT2D eigenvalue weighted by molar-refractivity contribution is 5.89.